The molecule has 0 aromatic heterocycles. The molecule has 2 N–H and O–H groups in total. The predicted octanol–water partition coefficient (Wildman–Crippen LogP) is 3.26. The van der Waals surface area contributed by atoms with Gasteiger partial charge in [0.1, 0.15) is 0 Å². The maximum Gasteiger partial charge on any atom is 0.0326 e. The van der Waals surface area contributed by atoms with Crippen molar-refractivity contribution in [2.24, 2.45) is 17.6 Å². The number of hydrogen-bond donors (Lipinski definition) is 1. The van der Waals surface area contributed by atoms with Crippen LogP contribution in [0.25, 0.3) is 0 Å². The quantitative estimate of drug-likeness (QED) is 0.799. The maximum absolute atomic E-state index is 6.58. The van der Waals surface area contributed by atoms with Crippen LogP contribution in [0.5, 0.6) is 0 Å². The summed E-state index contributed by atoms with van der Waals surface area (Å²) in [5.74, 6) is 1.69. The van der Waals surface area contributed by atoms with E-state index in [1.54, 1.807) is 0 Å². The fourth-order valence-corrected chi connectivity index (χ4v) is 3.31. The Hall–Kier alpha value is -0.0800. The number of likely N-dealkylation sites (N-methyl/N-ethyl adjacent to an activating group) is 1. The van der Waals surface area contributed by atoms with E-state index in [0.717, 1.165) is 18.3 Å². The smallest absolute Gasteiger partial charge is 0.0326 e. The van der Waals surface area contributed by atoms with E-state index in [-0.39, 0.29) is 5.54 Å². The van der Waals surface area contributed by atoms with Crippen molar-refractivity contribution >= 4 is 0 Å². The van der Waals surface area contributed by atoms with Gasteiger partial charge >= 0.3 is 0 Å². The molecular weight excluding hydrogens is 208 g/mol. The van der Waals surface area contributed by atoms with Gasteiger partial charge in [0.15, 0.2) is 0 Å². The average molecular weight is 240 g/mol. The van der Waals surface area contributed by atoms with Gasteiger partial charge in [-0.1, -0.05) is 33.1 Å². The van der Waals surface area contributed by atoms with E-state index in [9.17, 15) is 0 Å². The predicted molar refractivity (Wildman–Crippen MR) is 76.1 cm³/mol. The lowest BCUT2D eigenvalue weighted by molar-refractivity contribution is 0.0816. The van der Waals surface area contributed by atoms with Gasteiger partial charge in [0.2, 0.25) is 0 Å². The average Bonchev–Trinajstić information content (AvgIpc) is 2.36. The van der Waals surface area contributed by atoms with Crippen molar-refractivity contribution in [3.63, 3.8) is 0 Å². The normalized spacial score (nSPS) is 31.2. The zero-order valence-corrected chi connectivity index (χ0v) is 12.5. The Morgan fingerprint density at radius 3 is 2.06 bits per heavy atom. The van der Waals surface area contributed by atoms with Crippen LogP contribution in [-0.4, -0.2) is 30.6 Å². The number of nitrogens with zero attached hydrogens (tertiary/aromatic N) is 1. The fraction of sp³-hybridized carbons (Fsp3) is 1.00. The minimum atomic E-state index is 0.156. The van der Waals surface area contributed by atoms with Gasteiger partial charge < -0.3 is 10.6 Å². The molecular formula is C15H32N2. The maximum atomic E-state index is 6.58. The third-order valence-corrected chi connectivity index (χ3v) is 5.43. The topological polar surface area (TPSA) is 29.3 Å². The number of nitrogens with two attached hydrogens (primary N) is 1. The molecule has 0 bridgehead atoms. The lowest BCUT2D eigenvalue weighted by Crippen LogP contribution is -2.58. The zero-order valence-electron chi connectivity index (χ0n) is 12.5. The van der Waals surface area contributed by atoms with Crippen molar-refractivity contribution in [1.82, 2.24) is 4.90 Å². The van der Waals surface area contributed by atoms with Crippen molar-refractivity contribution in [3.05, 3.63) is 0 Å². The van der Waals surface area contributed by atoms with Crippen LogP contribution in [0.2, 0.25) is 0 Å². The molecule has 2 nitrogen and oxygen atoms in total. The Morgan fingerprint density at radius 1 is 1.18 bits per heavy atom. The summed E-state index contributed by atoms with van der Waals surface area (Å²) in [5, 5.41) is 0. The Kier molecular flexibility index (Phi) is 5.46. The van der Waals surface area contributed by atoms with E-state index in [1.165, 1.54) is 32.1 Å². The molecule has 0 aliphatic heterocycles. The molecule has 2 unspecified atom stereocenters. The molecule has 0 saturated heterocycles. The Balaban J connectivity index is 2.61. The molecule has 1 rings (SSSR count). The molecule has 1 saturated carbocycles. The molecule has 102 valence electrons. The van der Waals surface area contributed by atoms with E-state index >= 15 is 0 Å². The monoisotopic (exact) mass is 240 g/mol. The van der Waals surface area contributed by atoms with Crippen molar-refractivity contribution in [1.29, 1.82) is 0 Å². The fourth-order valence-electron chi connectivity index (χ4n) is 3.31. The Morgan fingerprint density at radius 2 is 1.71 bits per heavy atom. The molecule has 0 aromatic carbocycles. The van der Waals surface area contributed by atoms with Crippen molar-refractivity contribution in [3.8, 4) is 0 Å². The van der Waals surface area contributed by atoms with Gasteiger partial charge in [-0.2, -0.15) is 0 Å². The molecule has 1 aliphatic carbocycles. The molecule has 1 aliphatic rings. The van der Waals surface area contributed by atoms with Gasteiger partial charge in [-0.15, -0.1) is 0 Å². The van der Waals surface area contributed by atoms with Crippen LogP contribution >= 0.6 is 0 Å². The summed E-state index contributed by atoms with van der Waals surface area (Å²) < 4.78 is 0. The van der Waals surface area contributed by atoms with Gasteiger partial charge in [0, 0.05) is 11.6 Å². The lowest BCUT2D eigenvalue weighted by Gasteiger charge is -2.46. The van der Waals surface area contributed by atoms with Gasteiger partial charge in [0.05, 0.1) is 0 Å². The molecule has 2 heteroatoms. The van der Waals surface area contributed by atoms with Crippen LogP contribution in [0.15, 0.2) is 0 Å². The first-order valence-electron chi connectivity index (χ1n) is 7.38. The summed E-state index contributed by atoms with van der Waals surface area (Å²) >= 11 is 0. The highest BCUT2D eigenvalue weighted by Crippen LogP contribution is 2.36. The Bertz CT molecular complexity index is 219. The summed E-state index contributed by atoms with van der Waals surface area (Å²) in [5.41, 5.74) is 6.74. The highest BCUT2D eigenvalue weighted by atomic mass is 15.2. The molecule has 17 heavy (non-hydrogen) atoms. The van der Waals surface area contributed by atoms with E-state index in [0.29, 0.717) is 6.04 Å². The van der Waals surface area contributed by atoms with Crippen LogP contribution in [0, 0.1) is 11.8 Å². The van der Waals surface area contributed by atoms with Crippen LogP contribution in [0.4, 0.5) is 0 Å². The first-order valence-corrected chi connectivity index (χ1v) is 7.38. The van der Waals surface area contributed by atoms with Crippen molar-refractivity contribution in [2.75, 3.05) is 14.1 Å². The van der Waals surface area contributed by atoms with Gasteiger partial charge in [-0.3, -0.25) is 0 Å². The first-order chi connectivity index (χ1) is 7.95. The molecule has 2 atom stereocenters. The SMILES string of the molecule is CCC1CCC(C(N)C(C)(CC)N(C)C)CC1. The van der Waals surface area contributed by atoms with Crippen molar-refractivity contribution < 1.29 is 0 Å². The first kappa shape index (κ1) is 15.0. The molecule has 0 radical (unpaired) electrons. The van der Waals surface area contributed by atoms with Crippen LogP contribution in [0.1, 0.15) is 59.3 Å². The van der Waals surface area contributed by atoms with Crippen LogP contribution < -0.4 is 5.73 Å². The second-order valence-electron chi connectivity index (χ2n) is 6.32. The third kappa shape index (κ3) is 3.23. The van der Waals surface area contributed by atoms with Crippen molar-refractivity contribution in [2.45, 2.75) is 70.9 Å². The standard InChI is InChI=1S/C15H32N2/c1-6-12-8-10-13(11-9-12)14(16)15(3,7-2)17(4)5/h12-14H,6-11,16H2,1-5H3. The van der Waals surface area contributed by atoms with Gasteiger partial charge in [-0.05, 0) is 52.1 Å². The van der Waals surface area contributed by atoms with Crippen LogP contribution in [0.3, 0.4) is 0 Å². The van der Waals surface area contributed by atoms with Gasteiger partial charge in [0.25, 0.3) is 0 Å². The van der Waals surface area contributed by atoms with E-state index < -0.39 is 0 Å². The second kappa shape index (κ2) is 6.19. The lowest BCUT2D eigenvalue weighted by atomic mass is 9.71. The molecule has 0 heterocycles. The highest BCUT2D eigenvalue weighted by molar-refractivity contribution is 4.97. The third-order valence-electron chi connectivity index (χ3n) is 5.43. The summed E-state index contributed by atoms with van der Waals surface area (Å²) in [6, 6.07) is 0.320. The van der Waals surface area contributed by atoms with E-state index in [4.69, 9.17) is 5.73 Å². The van der Waals surface area contributed by atoms with Crippen LogP contribution in [-0.2, 0) is 0 Å². The second-order valence-corrected chi connectivity index (χ2v) is 6.32. The van der Waals surface area contributed by atoms with E-state index in [1.807, 2.05) is 0 Å². The number of hydrogen-bond acceptors (Lipinski definition) is 2. The Labute approximate surface area is 108 Å². The van der Waals surface area contributed by atoms with E-state index in [2.05, 4.69) is 39.8 Å². The summed E-state index contributed by atoms with van der Waals surface area (Å²) in [6.07, 6.45) is 7.94. The largest absolute Gasteiger partial charge is 0.326 e. The zero-order chi connectivity index (χ0) is 13.1. The molecule has 0 spiro atoms. The molecule has 0 amide bonds. The number of rotatable bonds is 5. The minimum Gasteiger partial charge on any atom is -0.326 e. The summed E-state index contributed by atoms with van der Waals surface area (Å²) in [7, 11) is 4.34. The minimum absolute atomic E-state index is 0.156. The molecule has 1 fully saturated rings. The summed E-state index contributed by atoms with van der Waals surface area (Å²) in [6.45, 7) is 6.90. The highest BCUT2D eigenvalue weighted by Gasteiger charge is 2.38. The van der Waals surface area contributed by atoms with Gasteiger partial charge in [-0.25, -0.2) is 0 Å². The molecule has 0 aromatic rings. The summed E-state index contributed by atoms with van der Waals surface area (Å²) in [4.78, 5) is 2.32.